The number of tetrazole rings is 1. The SMILES string of the molecule is O=C(Nc1cc(-n2cnnn2)ccc1F)OCCO. The molecule has 1 amide bonds. The quantitative estimate of drug-likeness (QED) is 0.828. The van der Waals surface area contributed by atoms with Gasteiger partial charge in [0, 0.05) is 0 Å². The molecule has 0 atom stereocenters. The first-order chi connectivity index (χ1) is 9.20. The number of carbonyl (C=O) groups is 1. The minimum absolute atomic E-state index is 0.0732. The van der Waals surface area contributed by atoms with Crippen LogP contribution in [0.15, 0.2) is 24.5 Å². The summed E-state index contributed by atoms with van der Waals surface area (Å²) in [7, 11) is 0. The highest BCUT2D eigenvalue weighted by Crippen LogP contribution is 2.18. The Bertz CT molecular complexity index is 560. The molecule has 0 spiro atoms. The summed E-state index contributed by atoms with van der Waals surface area (Å²) in [6, 6.07) is 3.97. The highest BCUT2D eigenvalue weighted by Gasteiger charge is 2.10. The number of rotatable bonds is 4. The molecule has 0 aliphatic rings. The van der Waals surface area contributed by atoms with Crippen LogP contribution in [0.3, 0.4) is 0 Å². The fourth-order valence-corrected chi connectivity index (χ4v) is 1.32. The topological polar surface area (TPSA) is 102 Å². The predicted molar refractivity (Wildman–Crippen MR) is 61.2 cm³/mol. The monoisotopic (exact) mass is 267 g/mol. The lowest BCUT2D eigenvalue weighted by Gasteiger charge is -2.08. The third-order valence-corrected chi connectivity index (χ3v) is 2.12. The fraction of sp³-hybridized carbons (Fsp3) is 0.200. The van der Waals surface area contributed by atoms with Gasteiger partial charge in [-0.05, 0) is 28.6 Å². The molecule has 2 N–H and O–H groups in total. The molecule has 0 radical (unpaired) electrons. The molecule has 0 saturated heterocycles. The molecule has 1 aromatic carbocycles. The van der Waals surface area contributed by atoms with E-state index in [0.29, 0.717) is 5.69 Å². The minimum Gasteiger partial charge on any atom is -0.447 e. The standard InChI is InChI=1S/C10H10FN5O3/c11-8-2-1-7(16-6-12-14-15-16)5-9(8)13-10(18)19-4-3-17/h1-2,5-6,17H,3-4H2,(H,13,18). The van der Waals surface area contributed by atoms with Crippen LogP contribution >= 0.6 is 0 Å². The smallest absolute Gasteiger partial charge is 0.411 e. The Labute approximate surface area is 106 Å². The number of hydrogen-bond donors (Lipinski definition) is 2. The van der Waals surface area contributed by atoms with E-state index in [-0.39, 0.29) is 18.9 Å². The number of halogens is 1. The number of benzene rings is 1. The van der Waals surface area contributed by atoms with Crippen molar-refractivity contribution in [3.8, 4) is 5.69 Å². The lowest BCUT2D eigenvalue weighted by molar-refractivity contribution is 0.131. The van der Waals surface area contributed by atoms with Gasteiger partial charge in [-0.15, -0.1) is 5.10 Å². The maximum Gasteiger partial charge on any atom is 0.411 e. The fourth-order valence-electron chi connectivity index (χ4n) is 1.32. The van der Waals surface area contributed by atoms with Crippen molar-refractivity contribution in [3.63, 3.8) is 0 Å². The molecular formula is C10H10FN5O3. The molecule has 2 rings (SSSR count). The van der Waals surface area contributed by atoms with Crippen molar-refractivity contribution in [1.82, 2.24) is 20.2 Å². The summed E-state index contributed by atoms with van der Waals surface area (Å²) in [6.45, 7) is -0.472. The van der Waals surface area contributed by atoms with Crippen molar-refractivity contribution in [2.45, 2.75) is 0 Å². The van der Waals surface area contributed by atoms with Crippen LogP contribution in [0.4, 0.5) is 14.9 Å². The lowest BCUT2D eigenvalue weighted by atomic mass is 10.2. The average Bonchev–Trinajstić information content (AvgIpc) is 2.93. The summed E-state index contributed by atoms with van der Waals surface area (Å²) in [4.78, 5) is 11.3. The number of aliphatic hydroxyl groups excluding tert-OH is 1. The number of nitrogens with zero attached hydrogens (tertiary/aromatic N) is 4. The molecule has 9 heteroatoms. The van der Waals surface area contributed by atoms with E-state index in [0.717, 1.165) is 0 Å². The maximum atomic E-state index is 13.5. The van der Waals surface area contributed by atoms with Gasteiger partial charge in [-0.2, -0.15) is 0 Å². The first-order valence-electron chi connectivity index (χ1n) is 5.28. The van der Waals surface area contributed by atoms with E-state index in [4.69, 9.17) is 5.11 Å². The molecule has 1 heterocycles. The van der Waals surface area contributed by atoms with Gasteiger partial charge in [0.15, 0.2) is 0 Å². The molecule has 0 unspecified atom stereocenters. The average molecular weight is 267 g/mol. The van der Waals surface area contributed by atoms with Gasteiger partial charge in [0.05, 0.1) is 18.0 Å². The molecule has 0 aliphatic carbocycles. The Morgan fingerprint density at radius 1 is 1.53 bits per heavy atom. The summed E-state index contributed by atoms with van der Waals surface area (Å²) < 4.78 is 19.4. The Kier molecular flexibility index (Phi) is 3.98. The summed E-state index contributed by atoms with van der Waals surface area (Å²) in [5, 5.41) is 21.3. The number of ether oxygens (including phenoxy) is 1. The van der Waals surface area contributed by atoms with Crippen LogP contribution in [-0.4, -0.2) is 44.6 Å². The maximum absolute atomic E-state index is 13.5. The van der Waals surface area contributed by atoms with Crippen molar-refractivity contribution < 1.29 is 19.0 Å². The Balaban J connectivity index is 2.16. The van der Waals surface area contributed by atoms with Crippen molar-refractivity contribution >= 4 is 11.8 Å². The Morgan fingerprint density at radius 3 is 3.05 bits per heavy atom. The van der Waals surface area contributed by atoms with E-state index in [2.05, 4.69) is 25.6 Å². The lowest BCUT2D eigenvalue weighted by Crippen LogP contribution is -2.16. The van der Waals surface area contributed by atoms with Crippen molar-refractivity contribution in [1.29, 1.82) is 0 Å². The number of aliphatic hydroxyl groups is 1. The van der Waals surface area contributed by atoms with Gasteiger partial charge in [0.1, 0.15) is 18.8 Å². The van der Waals surface area contributed by atoms with E-state index < -0.39 is 11.9 Å². The molecule has 8 nitrogen and oxygen atoms in total. The second-order valence-corrected chi connectivity index (χ2v) is 3.40. The largest absolute Gasteiger partial charge is 0.447 e. The third kappa shape index (κ3) is 3.22. The van der Waals surface area contributed by atoms with E-state index in [9.17, 15) is 9.18 Å². The third-order valence-electron chi connectivity index (χ3n) is 2.12. The minimum atomic E-state index is -0.859. The summed E-state index contributed by atoms with van der Waals surface area (Å²) >= 11 is 0. The van der Waals surface area contributed by atoms with E-state index in [1.54, 1.807) is 0 Å². The molecule has 0 aliphatic heterocycles. The van der Waals surface area contributed by atoms with Crippen LogP contribution < -0.4 is 5.32 Å². The van der Waals surface area contributed by atoms with E-state index in [1.165, 1.54) is 29.2 Å². The number of aromatic nitrogens is 4. The normalized spacial score (nSPS) is 10.2. The molecule has 19 heavy (non-hydrogen) atoms. The summed E-state index contributed by atoms with van der Waals surface area (Å²) in [6.07, 6.45) is 0.475. The number of amides is 1. The number of anilines is 1. The molecule has 100 valence electrons. The number of carbonyl (C=O) groups excluding carboxylic acids is 1. The molecule has 1 aromatic heterocycles. The highest BCUT2D eigenvalue weighted by molar-refractivity contribution is 5.85. The predicted octanol–water partition coefficient (Wildman–Crippen LogP) is 0.342. The van der Waals surface area contributed by atoms with Crippen LogP contribution in [0.5, 0.6) is 0 Å². The summed E-state index contributed by atoms with van der Waals surface area (Å²) in [5.41, 5.74) is 0.403. The zero-order chi connectivity index (χ0) is 13.7. The van der Waals surface area contributed by atoms with Gasteiger partial charge < -0.3 is 9.84 Å². The molecule has 0 fully saturated rings. The Hall–Kier alpha value is -2.55. The summed E-state index contributed by atoms with van der Waals surface area (Å²) in [5.74, 6) is -0.627. The molecule has 0 saturated carbocycles. The van der Waals surface area contributed by atoms with Crippen LogP contribution in [0.25, 0.3) is 5.69 Å². The molecule has 0 bridgehead atoms. The number of nitrogens with one attached hydrogen (secondary N) is 1. The van der Waals surface area contributed by atoms with Gasteiger partial charge in [0.25, 0.3) is 0 Å². The molecular weight excluding hydrogens is 257 g/mol. The van der Waals surface area contributed by atoms with Crippen molar-refractivity contribution in [3.05, 3.63) is 30.3 Å². The van der Waals surface area contributed by atoms with Crippen LogP contribution in [-0.2, 0) is 4.74 Å². The van der Waals surface area contributed by atoms with Crippen molar-refractivity contribution in [2.75, 3.05) is 18.5 Å². The van der Waals surface area contributed by atoms with Gasteiger partial charge in [-0.3, -0.25) is 5.32 Å². The first-order valence-corrected chi connectivity index (χ1v) is 5.28. The molecule has 2 aromatic rings. The zero-order valence-corrected chi connectivity index (χ0v) is 9.65. The first kappa shape index (κ1) is 12.9. The van der Waals surface area contributed by atoms with Crippen LogP contribution in [0.1, 0.15) is 0 Å². The van der Waals surface area contributed by atoms with Crippen LogP contribution in [0, 0.1) is 5.82 Å². The Morgan fingerprint density at radius 2 is 2.37 bits per heavy atom. The van der Waals surface area contributed by atoms with Gasteiger partial charge in [0.2, 0.25) is 0 Å². The van der Waals surface area contributed by atoms with Gasteiger partial charge in [-0.25, -0.2) is 13.9 Å². The van der Waals surface area contributed by atoms with Crippen LogP contribution in [0.2, 0.25) is 0 Å². The van der Waals surface area contributed by atoms with E-state index in [1.807, 2.05) is 0 Å². The second-order valence-electron chi connectivity index (χ2n) is 3.40. The van der Waals surface area contributed by atoms with Gasteiger partial charge >= 0.3 is 6.09 Å². The van der Waals surface area contributed by atoms with E-state index >= 15 is 0 Å². The number of hydrogen-bond acceptors (Lipinski definition) is 6. The van der Waals surface area contributed by atoms with Crippen molar-refractivity contribution in [2.24, 2.45) is 0 Å². The van der Waals surface area contributed by atoms with Gasteiger partial charge in [-0.1, -0.05) is 0 Å². The zero-order valence-electron chi connectivity index (χ0n) is 9.65. The second kappa shape index (κ2) is 5.87. The highest BCUT2D eigenvalue weighted by atomic mass is 19.1.